The second-order valence-corrected chi connectivity index (χ2v) is 4.44. The second kappa shape index (κ2) is 6.90. The summed E-state index contributed by atoms with van der Waals surface area (Å²) in [7, 11) is 0. The summed E-state index contributed by atoms with van der Waals surface area (Å²) in [4.78, 5) is 17.4. The molecule has 2 rings (SSSR count). The summed E-state index contributed by atoms with van der Waals surface area (Å²) in [6.45, 7) is 0.604. The SMILES string of the molecule is NCCCN(C(=O)c1cncc(F)c1)c1ccccc1F. The zero-order chi connectivity index (χ0) is 15.2. The highest BCUT2D eigenvalue weighted by Gasteiger charge is 2.20. The Morgan fingerprint density at radius 3 is 2.67 bits per heavy atom. The number of para-hydroxylation sites is 1. The van der Waals surface area contributed by atoms with E-state index in [1.165, 1.54) is 29.3 Å². The third kappa shape index (κ3) is 3.61. The number of hydrogen-bond donors (Lipinski definition) is 1. The number of carbonyl (C=O) groups is 1. The molecule has 21 heavy (non-hydrogen) atoms. The lowest BCUT2D eigenvalue weighted by atomic mass is 10.2. The molecule has 0 spiro atoms. The van der Waals surface area contributed by atoms with Crippen LogP contribution in [0, 0.1) is 11.6 Å². The van der Waals surface area contributed by atoms with Crippen molar-refractivity contribution >= 4 is 11.6 Å². The maximum absolute atomic E-state index is 13.9. The molecule has 0 bridgehead atoms. The van der Waals surface area contributed by atoms with Crippen LogP contribution in [0.1, 0.15) is 16.8 Å². The highest BCUT2D eigenvalue weighted by molar-refractivity contribution is 6.05. The number of aromatic nitrogens is 1. The Labute approximate surface area is 121 Å². The van der Waals surface area contributed by atoms with E-state index in [1.807, 2.05) is 0 Å². The first-order chi connectivity index (χ1) is 10.1. The molecule has 0 radical (unpaired) electrons. The molecule has 1 heterocycles. The van der Waals surface area contributed by atoms with Crippen molar-refractivity contribution in [2.75, 3.05) is 18.0 Å². The average molecular weight is 291 g/mol. The van der Waals surface area contributed by atoms with Crippen LogP contribution in [0.5, 0.6) is 0 Å². The third-order valence-corrected chi connectivity index (χ3v) is 2.93. The molecule has 0 unspecified atom stereocenters. The first kappa shape index (κ1) is 15.1. The van der Waals surface area contributed by atoms with Crippen molar-refractivity contribution in [1.29, 1.82) is 0 Å². The largest absolute Gasteiger partial charge is 0.330 e. The fourth-order valence-corrected chi connectivity index (χ4v) is 1.94. The zero-order valence-electron chi connectivity index (χ0n) is 11.3. The lowest BCUT2D eigenvalue weighted by Gasteiger charge is -2.23. The monoisotopic (exact) mass is 291 g/mol. The van der Waals surface area contributed by atoms with Crippen LogP contribution in [-0.2, 0) is 0 Å². The smallest absolute Gasteiger partial charge is 0.260 e. The minimum Gasteiger partial charge on any atom is -0.330 e. The average Bonchev–Trinajstić information content (AvgIpc) is 2.49. The number of anilines is 1. The molecular weight excluding hydrogens is 276 g/mol. The maximum atomic E-state index is 13.9. The fourth-order valence-electron chi connectivity index (χ4n) is 1.94. The third-order valence-electron chi connectivity index (χ3n) is 2.93. The van der Waals surface area contributed by atoms with E-state index in [-0.39, 0.29) is 17.8 Å². The Morgan fingerprint density at radius 2 is 2.00 bits per heavy atom. The van der Waals surface area contributed by atoms with Crippen LogP contribution in [0.25, 0.3) is 0 Å². The van der Waals surface area contributed by atoms with Gasteiger partial charge in [-0.1, -0.05) is 12.1 Å². The molecule has 6 heteroatoms. The van der Waals surface area contributed by atoms with E-state index in [4.69, 9.17) is 5.73 Å². The highest BCUT2D eigenvalue weighted by atomic mass is 19.1. The number of amides is 1. The van der Waals surface area contributed by atoms with Crippen molar-refractivity contribution < 1.29 is 13.6 Å². The first-order valence-corrected chi connectivity index (χ1v) is 6.50. The molecule has 1 aromatic carbocycles. The minimum absolute atomic E-state index is 0.0651. The summed E-state index contributed by atoms with van der Waals surface area (Å²) in [5.74, 6) is -1.65. The molecule has 0 aliphatic rings. The number of hydrogen-bond acceptors (Lipinski definition) is 3. The number of carbonyl (C=O) groups excluding carboxylic acids is 1. The molecule has 2 N–H and O–H groups in total. The molecule has 0 atom stereocenters. The van der Waals surface area contributed by atoms with Crippen molar-refractivity contribution in [1.82, 2.24) is 4.98 Å². The van der Waals surface area contributed by atoms with E-state index < -0.39 is 17.5 Å². The van der Waals surface area contributed by atoms with Gasteiger partial charge in [-0.3, -0.25) is 9.78 Å². The van der Waals surface area contributed by atoms with Gasteiger partial charge in [0.1, 0.15) is 11.6 Å². The van der Waals surface area contributed by atoms with Crippen LogP contribution in [0.3, 0.4) is 0 Å². The van der Waals surface area contributed by atoms with Crippen molar-refractivity contribution in [3.8, 4) is 0 Å². The number of benzene rings is 1. The molecule has 0 saturated heterocycles. The minimum atomic E-state index is -0.617. The second-order valence-electron chi connectivity index (χ2n) is 4.44. The van der Waals surface area contributed by atoms with E-state index in [0.29, 0.717) is 13.0 Å². The zero-order valence-corrected chi connectivity index (χ0v) is 11.3. The number of nitrogens with zero attached hydrogens (tertiary/aromatic N) is 2. The van der Waals surface area contributed by atoms with E-state index in [2.05, 4.69) is 4.98 Å². The molecule has 0 aliphatic heterocycles. The van der Waals surface area contributed by atoms with Gasteiger partial charge in [0, 0.05) is 12.7 Å². The quantitative estimate of drug-likeness (QED) is 0.920. The van der Waals surface area contributed by atoms with Gasteiger partial charge in [-0.2, -0.15) is 0 Å². The first-order valence-electron chi connectivity index (χ1n) is 6.50. The van der Waals surface area contributed by atoms with Crippen LogP contribution in [0.2, 0.25) is 0 Å². The standard InChI is InChI=1S/C15H15F2N3O/c16-12-8-11(9-19-10-12)15(21)20(7-3-6-18)14-5-2-1-4-13(14)17/h1-2,4-5,8-10H,3,6-7,18H2. The van der Waals surface area contributed by atoms with Gasteiger partial charge in [0.2, 0.25) is 0 Å². The van der Waals surface area contributed by atoms with Crippen molar-refractivity contribution in [3.63, 3.8) is 0 Å². The molecule has 4 nitrogen and oxygen atoms in total. The Balaban J connectivity index is 2.36. The Morgan fingerprint density at radius 1 is 1.24 bits per heavy atom. The van der Waals surface area contributed by atoms with Gasteiger partial charge < -0.3 is 10.6 Å². The lowest BCUT2D eigenvalue weighted by Crippen LogP contribution is -2.33. The van der Waals surface area contributed by atoms with Crippen LogP contribution in [0.4, 0.5) is 14.5 Å². The van der Waals surface area contributed by atoms with E-state index in [1.54, 1.807) is 6.07 Å². The summed E-state index contributed by atoms with van der Waals surface area (Å²) in [5.41, 5.74) is 5.66. The summed E-state index contributed by atoms with van der Waals surface area (Å²) < 4.78 is 27.1. The number of halogens is 2. The maximum Gasteiger partial charge on any atom is 0.260 e. The predicted molar refractivity (Wildman–Crippen MR) is 75.9 cm³/mol. The molecule has 2 aromatic rings. The lowest BCUT2D eigenvalue weighted by molar-refractivity contribution is 0.0985. The number of rotatable bonds is 5. The van der Waals surface area contributed by atoms with Gasteiger partial charge in [-0.05, 0) is 31.2 Å². The van der Waals surface area contributed by atoms with Gasteiger partial charge in [-0.15, -0.1) is 0 Å². The van der Waals surface area contributed by atoms with Crippen LogP contribution in [-0.4, -0.2) is 24.0 Å². The molecular formula is C15H15F2N3O. The highest BCUT2D eigenvalue weighted by Crippen LogP contribution is 2.21. The van der Waals surface area contributed by atoms with E-state index in [9.17, 15) is 13.6 Å². The van der Waals surface area contributed by atoms with E-state index in [0.717, 1.165) is 12.3 Å². The number of nitrogens with two attached hydrogens (primary N) is 1. The normalized spacial score (nSPS) is 10.4. The molecule has 0 aliphatic carbocycles. The molecule has 0 fully saturated rings. The van der Waals surface area contributed by atoms with Gasteiger partial charge in [-0.25, -0.2) is 8.78 Å². The summed E-state index contributed by atoms with van der Waals surface area (Å²) in [5, 5.41) is 0. The van der Waals surface area contributed by atoms with Crippen LogP contribution < -0.4 is 10.6 Å². The summed E-state index contributed by atoms with van der Waals surface area (Å²) in [6, 6.07) is 7.00. The fraction of sp³-hybridized carbons (Fsp3) is 0.200. The van der Waals surface area contributed by atoms with Gasteiger partial charge >= 0.3 is 0 Å². The van der Waals surface area contributed by atoms with Gasteiger partial charge in [0.05, 0.1) is 17.4 Å². The van der Waals surface area contributed by atoms with Crippen molar-refractivity contribution in [2.45, 2.75) is 6.42 Å². The molecule has 1 amide bonds. The van der Waals surface area contributed by atoms with E-state index >= 15 is 0 Å². The molecule has 1 aromatic heterocycles. The number of pyridine rings is 1. The van der Waals surface area contributed by atoms with Crippen LogP contribution in [0.15, 0.2) is 42.7 Å². The summed E-state index contributed by atoms with van der Waals surface area (Å²) >= 11 is 0. The topological polar surface area (TPSA) is 59.2 Å². The van der Waals surface area contributed by atoms with Crippen molar-refractivity contribution in [2.24, 2.45) is 5.73 Å². The Bertz CT molecular complexity index is 634. The summed E-state index contributed by atoms with van der Waals surface area (Å²) in [6.07, 6.45) is 2.76. The molecule has 0 saturated carbocycles. The molecule has 110 valence electrons. The Kier molecular flexibility index (Phi) is 4.94. The Hall–Kier alpha value is -2.34. The van der Waals surface area contributed by atoms with Gasteiger partial charge in [0.15, 0.2) is 0 Å². The van der Waals surface area contributed by atoms with Crippen LogP contribution >= 0.6 is 0 Å². The van der Waals surface area contributed by atoms with Crippen molar-refractivity contribution in [3.05, 3.63) is 59.9 Å². The van der Waals surface area contributed by atoms with Gasteiger partial charge in [0.25, 0.3) is 5.91 Å². The predicted octanol–water partition coefficient (Wildman–Crippen LogP) is 2.36.